The van der Waals surface area contributed by atoms with Crippen LogP contribution in [0.2, 0.25) is 0 Å². The van der Waals surface area contributed by atoms with Crippen LogP contribution in [0.1, 0.15) is 18.7 Å². The van der Waals surface area contributed by atoms with Crippen LogP contribution in [0, 0.1) is 0 Å². The van der Waals surface area contributed by atoms with Gasteiger partial charge in [0.25, 0.3) is 5.91 Å². The summed E-state index contributed by atoms with van der Waals surface area (Å²) in [5.74, 6) is 0.0188. The van der Waals surface area contributed by atoms with Crippen LogP contribution in [0.4, 0.5) is 0 Å². The molecule has 1 aliphatic heterocycles. The van der Waals surface area contributed by atoms with Crippen molar-refractivity contribution in [2.45, 2.75) is 13.8 Å². The van der Waals surface area contributed by atoms with E-state index in [0.717, 1.165) is 21.7 Å². The smallest absolute Gasteiger partial charge is 0.251 e. The largest absolute Gasteiger partial charge is 0.322 e. The zero-order valence-corrected chi connectivity index (χ0v) is 8.94. The summed E-state index contributed by atoms with van der Waals surface area (Å²) in [6.07, 6.45) is 2.01. The van der Waals surface area contributed by atoms with Crippen molar-refractivity contribution < 1.29 is 4.79 Å². The topological polar surface area (TPSA) is 29.1 Å². The van der Waals surface area contributed by atoms with E-state index in [9.17, 15) is 4.79 Å². The molecule has 0 unspecified atom stereocenters. The number of carbonyl (C=O) groups excluding carboxylic acids is 1. The van der Waals surface area contributed by atoms with Gasteiger partial charge in [0.1, 0.15) is 0 Å². The molecule has 2 rings (SSSR count). The average molecular weight is 205 g/mol. The van der Waals surface area contributed by atoms with Crippen LogP contribution in [0.3, 0.4) is 0 Å². The Hall–Kier alpha value is -1.35. The molecule has 2 heterocycles. The van der Waals surface area contributed by atoms with Gasteiger partial charge in [-0.05, 0) is 36.9 Å². The second kappa shape index (κ2) is 3.42. The molecule has 0 atom stereocenters. The van der Waals surface area contributed by atoms with Gasteiger partial charge < -0.3 is 5.32 Å². The maximum atomic E-state index is 11.3. The third-order valence-corrected chi connectivity index (χ3v) is 3.20. The normalized spacial score (nSPS) is 19.3. The summed E-state index contributed by atoms with van der Waals surface area (Å²) in [5, 5.41) is 4.87. The van der Waals surface area contributed by atoms with E-state index in [1.807, 2.05) is 37.4 Å². The molecule has 72 valence electrons. The molecule has 0 bridgehead atoms. The Morgan fingerprint density at radius 2 is 2.14 bits per heavy atom. The predicted molar refractivity (Wildman–Crippen MR) is 58.8 cm³/mol. The maximum Gasteiger partial charge on any atom is 0.251 e. The van der Waals surface area contributed by atoms with Gasteiger partial charge in [-0.2, -0.15) is 0 Å². The number of allylic oxidation sites excluding steroid dienone is 1. The van der Waals surface area contributed by atoms with Crippen LogP contribution in [-0.2, 0) is 4.79 Å². The van der Waals surface area contributed by atoms with Crippen molar-refractivity contribution in [2.75, 3.05) is 0 Å². The average Bonchev–Trinajstić information content (AvgIpc) is 2.73. The Balaban J connectivity index is 2.35. The number of hydrogen-bond acceptors (Lipinski definition) is 2. The molecular formula is C11H11NOS. The highest BCUT2D eigenvalue weighted by Crippen LogP contribution is 2.23. The lowest BCUT2D eigenvalue weighted by Gasteiger charge is -1.98. The molecule has 1 aromatic heterocycles. The molecular weight excluding hydrogens is 194 g/mol. The zero-order chi connectivity index (χ0) is 10.1. The minimum absolute atomic E-state index is 0.0188. The number of amides is 1. The molecule has 2 nitrogen and oxygen atoms in total. The summed E-state index contributed by atoms with van der Waals surface area (Å²) in [7, 11) is 0. The van der Waals surface area contributed by atoms with Crippen molar-refractivity contribution in [2.24, 2.45) is 0 Å². The van der Waals surface area contributed by atoms with Crippen LogP contribution >= 0.6 is 11.3 Å². The molecule has 1 aliphatic rings. The number of hydrogen-bond donors (Lipinski definition) is 1. The monoisotopic (exact) mass is 205 g/mol. The van der Waals surface area contributed by atoms with Crippen LogP contribution in [0.25, 0.3) is 6.08 Å². The summed E-state index contributed by atoms with van der Waals surface area (Å²) in [4.78, 5) is 12.5. The Kier molecular flexibility index (Phi) is 2.25. The number of carbonyl (C=O) groups is 1. The van der Waals surface area contributed by atoms with Crippen molar-refractivity contribution in [1.82, 2.24) is 5.32 Å². The van der Waals surface area contributed by atoms with Gasteiger partial charge in [-0.25, -0.2) is 0 Å². The zero-order valence-electron chi connectivity index (χ0n) is 8.13. The summed E-state index contributed by atoms with van der Waals surface area (Å²) in [5.41, 5.74) is 2.78. The SMILES string of the molecule is CC1=C(C)/C(=C\c2cccs2)NC1=O. The van der Waals surface area contributed by atoms with Gasteiger partial charge in [0.05, 0.1) is 0 Å². The van der Waals surface area contributed by atoms with E-state index < -0.39 is 0 Å². The molecule has 0 aromatic carbocycles. The van der Waals surface area contributed by atoms with Crippen LogP contribution < -0.4 is 5.32 Å². The molecule has 0 saturated heterocycles. The third kappa shape index (κ3) is 1.51. The first-order valence-electron chi connectivity index (χ1n) is 4.43. The fourth-order valence-corrected chi connectivity index (χ4v) is 2.00. The first kappa shape index (κ1) is 9.21. The third-order valence-electron chi connectivity index (χ3n) is 2.39. The van der Waals surface area contributed by atoms with E-state index in [1.165, 1.54) is 0 Å². The first-order chi connectivity index (χ1) is 6.68. The molecule has 0 spiro atoms. The van der Waals surface area contributed by atoms with Gasteiger partial charge >= 0.3 is 0 Å². The summed E-state index contributed by atoms with van der Waals surface area (Å²) >= 11 is 1.66. The van der Waals surface area contributed by atoms with E-state index >= 15 is 0 Å². The molecule has 1 N–H and O–H groups in total. The lowest BCUT2D eigenvalue weighted by molar-refractivity contribution is -0.116. The Bertz CT molecular complexity index is 426. The molecule has 1 amide bonds. The van der Waals surface area contributed by atoms with Gasteiger partial charge in [-0.15, -0.1) is 11.3 Å². The Labute approximate surface area is 87.0 Å². The second-order valence-electron chi connectivity index (χ2n) is 3.28. The van der Waals surface area contributed by atoms with Gasteiger partial charge in [-0.3, -0.25) is 4.79 Å². The minimum Gasteiger partial charge on any atom is -0.322 e. The molecule has 0 fully saturated rings. The quantitative estimate of drug-likeness (QED) is 0.750. The van der Waals surface area contributed by atoms with Crippen molar-refractivity contribution in [1.29, 1.82) is 0 Å². The Morgan fingerprint density at radius 3 is 2.64 bits per heavy atom. The molecule has 14 heavy (non-hydrogen) atoms. The minimum atomic E-state index is 0.0188. The van der Waals surface area contributed by atoms with Gasteiger partial charge in [0.2, 0.25) is 0 Å². The van der Waals surface area contributed by atoms with Crippen LogP contribution in [0.15, 0.2) is 34.4 Å². The lowest BCUT2D eigenvalue weighted by atomic mass is 10.1. The predicted octanol–water partition coefficient (Wildman–Crippen LogP) is 2.56. The first-order valence-corrected chi connectivity index (χ1v) is 5.31. The van der Waals surface area contributed by atoms with Crippen molar-refractivity contribution in [3.8, 4) is 0 Å². The van der Waals surface area contributed by atoms with E-state index in [-0.39, 0.29) is 5.91 Å². The molecule has 0 radical (unpaired) electrons. The summed E-state index contributed by atoms with van der Waals surface area (Å²) in [6.45, 7) is 3.81. The van der Waals surface area contributed by atoms with Gasteiger partial charge in [0, 0.05) is 16.1 Å². The number of nitrogens with one attached hydrogen (secondary N) is 1. The van der Waals surface area contributed by atoms with E-state index in [1.54, 1.807) is 11.3 Å². The van der Waals surface area contributed by atoms with Crippen molar-refractivity contribution >= 4 is 23.3 Å². The van der Waals surface area contributed by atoms with Crippen LogP contribution in [-0.4, -0.2) is 5.91 Å². The van der Waals surface area contributed by atoms with Crippen LogP contribution in [0.5, 0.6) is 0 Å². The summed E-state index contributed by atoms with van der Waals surface area (Å²) in [6, 6.07) is 4.03. The highest BCUT2D eigenvalue weighted by Gasteiger charge is 2.19. The number of thiophene rings is 1. The number of rotatable bonds is 1. The standard InChI is InChI=1S/C11H11NOS/c1-7-8(2)11(13)12-10(7)6-9-4-3-5-14-9/h3-6H,1-2H3,(H,12,13)/b10-6+. The molecule has 3 heteroatoms. The fraction of sp³-hybridized carbons (Fsp3) is 0.182. The summed E-state index contributed by atoms with van der Waals surface area (Å²) < 4.78 is 0. The molecule has 0 aliphatic carbocycles. The fourth-order valence-electron chi connectivity index (χ4n) is 1.34. The highest BCUT2D eigenvalue weighted by molar-refractivity contribution is 7.10. The lowest BCUT2D eigenvalue weighted by Crippen LogP contribution is -2.15. The highest BCUT2D eigenvalue weighted by atomic mass is 32.1. The second-order valence-corrected chi connectivity index (χ2v) is 4.26. The van der Waals surface area contributed by atoms with E-state index in [4.69, 9.17) is 0 Å². The molecule has 0 saturated carbocycles. The van der Waals surface area contributed by atoms with Gasteiger partial charge in [-0.1, -0.05) is 6.07 Å². The molecule has 1 aromatic rings. The van der Waals surface area contributed by atoms with E-state index in [2.05, 4.69) is 5.32 Å². The van der Waals surface area contributed by atoms with Crippen molar-refractivity contribution in [3.63, 3.8) is 0 Å². The maximum absolute atomic E-state index is 11.3. The Morgan fingerprint density at radius 1 is 1.36 bits per heavy atom. The van der Waals surface area contributed by atoms with E-state index in [0.29, 0.717) is 0 Å². The van der Waals surface area contributed by atoms with Gasteiger partial charge in [0.15, 0.2) is 0 Å². The van der Waals surface area contributed by atoms with Crippen molar-refractivity contribution in [3.05, 3.63) is 39.2 Å².